The van der Waals surface area contributed by atoms with Crippen molar-refractivity contribution in [2.75, 3.05) is 6.54 Å². The molecule has 1 aromatic heterocycles. The van der Waals surface area contributed by atoms with Crippen molar-refractivity contribution in [1.82, 2.24) is 15.5 Å². The van der Waals surface area contributed by atoms with Gasteiger partial charge in [0.25, 0.3) is 5.91 Å². The minimum Gasteiger partial charge on any atom is -0.350 e. The number of hydrogen-bond donors (Lipinski definition) is 2. The van der Waals surface area contributed by atoms with Crippen LogP contribution >= 0.6 is 34.5 Å². The molecule has 0 spiro atoms. The van der Waals surface area contributed by atoms with Crippen LogP contribution in [0.2, 0.25) is 10.0 Å². The van der Waals surface area contributed by atoms with E-state index >= 15 is 0 Å². The maximum Gasteiger partial charge on any atom is 0.325 e. The molecular formula is C17H15Cl2N3O3S. The third-order valence-corrected chi connectivity index (χ3v) is 5.51. The normalized spacial score (nSPS) is 19.6. The quantitative estimate of drug-likeness (QED) is 0.741. The van der Waals surface area contributed by atoms with Crippen molar-refractivity contribution in [3.05, 3.63) is 56.2 Å². The zero-order valence-corrected chi connectivity index (χ0v) is 16.0. The van der Waals surface area contributed by atoms with Gasteiger partial charge >= 0.3 is 6.03 Å². The van der Waals surface area contributed by atoms with E-state index in [0.29, 0.717) is 17.1 Å². The van der Waals surface area contributed by atoms with Gasteiger partial charge in [0.15, 0.2) is 0 Å². The Morgan fingerprint density at radius 1 is 1.31 bits per heavy atom. The molecule has 1 fully saturated rings. The summed E-state index contributed by atoms with van der Waals surface area (Å²) in [7, 11) is 0. The third kappa shape index (κ3) is 3.56. The summed E-state index contributed by atoms with van der Waals surface area (Å²) in [6.45, 7) is 1.53. The number of halogens is 2. The van der Waals surface area contributed by atoms with Gasteiger partial charge < -0.3 is 10.6 Å². The SMILES string of the molecule is C[C@@]1(c2ccc(Cl)cc2Cl)NC(=O)N(CC(=O)NCc2cccs2)C1=O. The molecule has 136 valence electrons. The van der Waals surface area contributed by atoms with Gasteiger partial charge in [-0.1, -0.05) is 35.3 Å². The number of nitrogens with one attached hydrogen (secondary N) is 2. The molecule has 1 atom stereocenters. The van der Waals surface area contributed by atoms with E-state index in [1.54, 1.807) is 19.1 Å². The molecule has 0 unspecified atom stereocenters. The van der Waals surface area contributed by atoms with E-state index in [2.05, 4.69) is 10.6 Å². The van der Waals surface area contributed by atoms with Crippen molar-refractivity contribution in [1.29, 1.82) is 0 Å². The summed E-state index contributed by atoms with van der Waals surface area (Å²) in [6, 6.07) is 7.80. The van der Waals surface area contributed by atoms with E-state index in [1.807, 2.05) is 17.5 Å². The number of thiophene rings is 1. The molecule has 6 nitrogen and oxygen atoms in total. The number of benzene rings is 1. The Hall–Kier alpha value is -2.09. The fourth-order valence-electron chi connectivity index (χ4n) is 2.72. The number of rotatable bonds is 5. The molecule has 2 N–H and O–H groups in total. The van der Waals surface area contributed by atoms with Gasteiger partial charge in [-0.2, -0.15) is 0 Å². The first-order valence-corrected chi connectivity index (χ1v) is 9.33. The number of hydrogen-bond acceptors (Lipinski definition) is 4. The fourth-order valence-corrected chi connectivity index (χ4v) is 3.96. The summed E-state index contributed by atoms with van der Waals surface area (Å²) in [5.41, 5.74) is -0.935. The van der Waals surface area contributed by atoms with Crippen molar-refractivity contribution >= 4 is 52.4 Å². The van der Waals surface area contributed by atoms with Crippen molar-refractivity contribution in [3.63, 3.8) is 0 Å². The second-order valence-corrected chi connectivity index (χ2v) is 7.80. The van der Waals surface area contributed by atoms with Gasteiger partial charge in [0, 0.05) is 20.5 Å². The van der Waals surface area contributed by atoms with Gasteiger partial charge in [-0.05, 0) is 30.5 Å². The van der Waals surface area contributed by atoms with Gasteiger partial charge in [-0.25, -0.2) is 4.79 Å². The summed E-state index contributed by atoms with van der Waals surface area (Å²) in [6.07, 6.45) is 0. The average Bonchev–Trinajstić information content (AvgIpc) is 3.16. The van der Waals surface area contributed by atoms with Crippen molar-refractivity contribution in [3.8, 4) is 0 Å². The summed E-state index contributed by atoms with van der Waals surface area (Å²) in [4.78, 5) is 39.1. The van der Waals surface area contributed by atoms with Crippen molar-refractivity contribution in [2.24, 2.45) is 0 Å². The Labute approximate surface area is 164 Å². The van der Waals surface area contributed by atoms with Crippen LogP contribution < -0.4 is 10.6 Å². The number of urea groups is 1. The maximum atomic E-state index is 12.8. The maximum absolute atomic E-state index is 12.8. The topological polar surface area (TPSA) is 78.5 Å². The highest BCUT2D eigenvalue weighted by molar-refractivity contribution is 7.09. The van der Waals surface area contributed by atoms with E-state index in [0.717, 1.165) is 9.78 Å². The van der Waals surface area contributed by atoms with Crippen LogP contribution in [-0.4, -0.2) is 29.3 Å². The highest BCUT2D eigenvalue weighted by Crippen LogP contribution is 2.34. The highest BCUT2D eigenvalue weighted by Gasteiger charge is 2.50. The van der Waals surface area contributed by atoms with Crippen LogP contribution in [0.3, 0.4) is 0 Å². The Bertz CT molecular complexity index is 872. The third-order valence-electron chi connectivity index (χ3n) is 4.09. The molecule has 0 aliphatic carbocycles. The summed E-state index contributed by atoms with van der Waals surface area (Å²) < 4.78 is 0. The number of imide groups is 1. The average molecular weight is 412 g/mol. The molecule has 1 aromatic carbocycles. The van der Waals surface area contributed by atoms with Crippen LogP contribution in [0.4, 0.5) is 4.79 Å². The van der Waals surface area contributed by atoms with Crippen LogP contribution in [0, 0.1) is 0 Å². The summed E-state index contributed by atoms with van der Waals surface area (Å²) in [5, 5.41) is 7.89. The lowest BCUT2D eigenvalue weighted by molar-refractivity contribution is -0.134. The Morgan fingerprint density at radius 3 is 2.73 bits per heavy atom. The van der Waals surface area contributed by atoms with Crippen LogP contribution in [-0.2, 0) is 21.7 Å². The van der Waals surface area contributed by atoms with Gasteiger partial charge in [-0.3, -0.25) is 14.5 Å². The molecule has 9 heteroatoms. The predicted octanol–water partition coefficient (Wildman–Crippen LogP) is 3.14. The molecule has 0 radical (unpaired) electrons. The van der Waals surface area contributed by atoms with Crippen LogP contribution in [0.25, 0.3) is 0 Å². The lowest BCUT2D eigenvalue weighted by Crippen LogP contribution is -2.43. The molecule has 0 saturated carbocycles. The molecule has 4 amide bonds. The number of carbonyl (C=O) groups excluding carboxylic acids is 3. The molecule has 2 aromatic rings. The molecule has 2 heterocycles. The molecule has 3 rings (SSSR count). The predicted molar refractivity (Wildman–Crippen MR) is 100 cm³/mol. The van der Waals surface area contributed by atoms with Gasteiger partial charge in [0.2, 0.25) is 5.91 Å². The lowest BCUT2D eigenvalue weighted by Gasteiger charge is -2.23. The van der Waals surface area contributed by atoms with Crippen LogP contribution in [0.5, 0.6) is 0 Å². The Morgan fingerprint density at radius 2 is 2.08 bits per heavy atom. The van der Waals surface area contributed by atoms with E-state index in [-0.39, 0.29) is 11.6 Å². The molecule has 0 bridgehead atoms. The first-order chi connectivity index (χ1) is 12.3. The minimum absolute atomic E-state index is 0.262. The molecule has 26 heavy (non-hydrogen) atoms. The fraction of sp³-hybridized carbons (Fsp3) is 0.235. The van der Waals surface area contributed by atoms with E-state index < -0.39 is 23.4 Å². The molecule has 1 aliphatic rings. The van der Waals surface area contributed by atoms with Crippen molar-refractivity contribution < 1.29 is 14.4 Å². The summed E-state index contributed by atoms with van der Waals surface area (Å²) in [5.74, 6) is -0.966. The van der Waals surface area contributed by atoms with Crippen molar-refractivity contribution in [2.45, 2.75) is 19.0 Å². The van der Waals surface area contributed by atoms with Crippen LogP contribution in [0.15, 0.2) is 35.7 Å². The first kappa shape index (κ1) is 18.7. The summed E-state index contributed by atoms with van der Waals surface area (Å²) >= 11 is 13.6. The molecular weight excluding hydrogens is 397 g/mol. The Kier molecular flexibility index (Phi) is 5.22. The van der Waals surface area contributed by atoms with Gasteiger partial charge in [0.05, 0.1) is 6.54 Å². The van der Waals surface area contributed by atoms with E-state index in [1.165, 1.54) is 17.4 Å². The molecule has 1 saturated heterocycles. The minimum atomic E-state index is -1.35. The highest BCUT2D eigenvalue weighted by atomic mass is 35.5. The zero-order valence-electron chi connectivity index (χ0n) is 13.7. The van der Waals surface area contributed by atoms with Gasteiger partial charge in [0.1, 0.15) is 12.1 Å². The second-order valence-electron chi connectivity index (χ2n) is 5.93. The smallest absolute Gasteiger partial charge is 0.325 e. The largest absolute Gasteiger partial charge is 0.350 e. The molecule has 1 aliphatic heterocycles. The van der Waals surface area contributed by atoms with Gasteiger partial charge in [-0.15, -0.1) is 11.3 Å². The van der Waals surface area contributed by atoms with E-state index in [4.69, 9.17) is 23.2 Å². The zero-order chi connectivity index (χ0) is 18.9. The first-order valence-electron chi connectivity index (χ1n) is 7.70. The monoisotopic (exact) mass is 411 g/mol. The number of carbonyl (C=O) groups is 3. The Balaban J connectivity index is 1.72. The van der Waals surface area contributed by atoms with Crippen LogP contribution in [0.1, 0.15) is 17.4 Å². The number of nitrogens with zero attached hydrogens (tertiary/aromatic N) is 1. The number of amides is 4. The second kappa shape index (κ2) is 7.26. The lowest BCUT2D eigenvalue weighted by atomic mass is 9.92. The van der Waals surface area contributed by atoms with E-state index in [9.17, 15) is 14.4 Å². The standard InChI is InChI=1S/C17H15Cl2N3O3S/c1-17(12-5-4-10(18)7-13(12)19)15(24)22(16(25)21-17)9-14(23)20-8-11-3-2-6-26-11/h2-7H,8-9H2,1H3,(H,20,23)(H,21,25)/t17-/m0/s1.